The number of hydrogen-bond donors (Lipinski definition) is 2. The topological polar surface area (TPSA) is 75.7 Å². The molecule has 0 amide bonds. The molecule has 0 aliphatic carbocycles. The first-order valence-electron chi connectivity index (χ1n) is 4.75. The van der Waals surface area contributed by atoms with Gasteiger partial charge in [-0.1, -0.05) is 29.4 Å². The number of nitrogens with zero attached hydrogens (tertiary/aromatic N) is 2. The average molecular weight is 265 g/mol. The number of amidine groups is 1. The molecule has 1 heterocycles. The maximum Gasteiger partial charge on any atom is 0.125 e. The molecule has 0 unspecified atom stereocenters. The quantitative estimate of drug-likeness (QED) is 0.660. The maximum atomic E-state index is 7.53. The zero-order valence-corrected chi connectivity index (χ0v) is 10.3. The molecular weight excluding hydrogens is 256 g/mol. The Balaban J connectivity index is 2.40. The Morgan fingerprint density at radius 3 is 2.82 bits per heavy atom. The van der Waals surface area contributed by atoms with Crippen molar-refractivity contribution in [2.45, 2.75) is 9.92 Å². The molecule has 0 aliphatic rings. The smallest absolute Gasteiger partial charge is 0.125 e. The van der Waals surface area contributed by atoms with Crippen LogP contribution in [0.25, 0.3) is 0 Å². The van der Waals surface area contributed by atoms with E-state index in [1.54, 1.807) is 24.7 Å². The van der Waals surface area contributed by atoms with E-state index >= 15 is 0 Å². The summed E-state index contributed by atoms with van der Waals surface area (Å²) < 4.78 is 0. The predicted molar refractivity (Wildman–Crippen MR) is 68.6 cm³/mol. The lowest BCUT2D eigenvalue weighted by Crippen LogP contribution is -2.13. The van der Waals surface area contributed by atoms with Crippen molar-refractivity contribution in [3.8, 4) is 0 Å². The number of nitrogens with two attached hydrogens (primary N) is 1. The van der Waals surface area contributed by atoms with Crippen LogP contribution >= 0.6 is 23.4 Å². The lowest BCUT2D eigenvalue weighted by molar-refractivity contribution is 1.05. The molecule has 0 aliphatic heterocycles. The van der Waals surface area contributed by atoms with Gasteiger partial charge in [0, 0.05) is 22.9 Å². The molecule has 0 atom stereocenters. The predicted octanol–water partition coefficient (Wildman–Crippen LogP) is 2.57. The van der Waals surface area contributed by atoms with E-state index in [-0.39, 0.29) is 5.84 Å². The zero-order chi connectivity index (χ0) is 12.3. The van der Waals surface area contributed by atoms with Gasteiger partial charge in [-0.3, -0.25) is 10.4 Å². The van der Waals surface area contributed by atoms with Gasteiger partial charge in [0.15, 0.2) is 0 Å². The average Bonchev–Trinajstić information content (AvgIpc) is 2.30. The van der Waals surface area contributed by atoms with Crippen molar-refractivity contribution in [2.24, 2.45) is 5.73 Å². The molecule has 3 N–H and O–H groups in total. The normalized spacial score (nSPS) is 10.2. The van der Waals surface area contributed by atoms with E-state index in [1.165, 1.54) is 11.8 Å². The number of nitrogens with one attached hydrogen (secondary N) is 1. The van der Waals surface area contributed by atoms with E-state index in [1.807, 2.05) is 12.1 Å². The molecule has 0 radical (unpaired) electrons. The molecule has 0 saturated carbocycles. The fourth-order valence-corrected chi connectivity index (χ4v) is 2.55. The van der Waals surface area contributed by atoms with Gasteiger partial charge in [-0.25, -0.2) is 4.98 Å². The van der Waals surface area contributed by atoms with Crippen LogP contribution in [-0.4, -0.2) is 15.8 Å². The molecular formula is C11H9ClN4S. The Morgan fingerprint density at radius 2 is 2.18 bits per heavy atom. The highest BCUT2D eigenvalue weighted by atomic mass is 35.5. The first-order chi connectivity index (χ1) is 8.18. The van der Waals surface area contributed by atoms with Crippen LogP contribution in [0.5, 0.6) is 0 Å². The molecule has 0 spiro atoms. The van der Waals surface area contributed by atoms with E-state index in [2.05, 4.69) is 9.97 Å². The van der Waals surface area contributed by atoms with E-state index in [0.29, 0.717) is 10.6 Å². The van der Waals surface area contributed by atoms with Crippen LogP contribution in [0.4, 0.5) is 0 Å². The highest BCUT2D eigenvalue weighted by Gasteiger charge is 2.11. The van der Waals surface area contributed by atoms with Gasteiger partial charge in [-0.2, -0.15) is 0 Å². The van der Waals surface area contributed by atoms with Crippen molar-refractivity contribution in [1.82, 2.24) is 9.97 Å². The summed E-state index contributed by atoms with van der Waals surface area (Å²) in [5.41, 5.74) is 6.05. The summed E-state index contributed by atoms with van der Waals surface area (Å²) in [4.78, 5) is 8.92. The largest absolute Gasteiger partial charge is 0.384 e. The Morgan fingerprint density at radius 1 is 1.35 bits per heavy atom. The molecule has 0 saturated heterocycles. The van der Waals surface area contributed by atoms with Crippen LogP contribution in [-0.2, 0) is 0 Å². The van der Waals surface area contributed by atoms with Crippen LogP contribution in [0.2, 0.25) is 5.02 Å². The van der Waals surface area contributed by atoms with Crippen LogP contribution < -0.4 is 5.73 Å². The van der Waals surface area contributed by atoms with E-state index in [0.717, 1.165) is 9.92 Å². The minimum atomic E-state index is -0.0537. The molecule has 1 aromatic carbocycles. The number of nitrogen functional groups attached to an aromatic ring is 1. The molecule has 6 heteroatoms. The minimum Gasteiger partial charge on any atom is -0.384 e. The van der Waals surface area contributed by atoms with Gasteiger partial charge in [0.2, 0.25) is 0 Å². The van der Waals surface area contributed by atoms with E-state index < -0.39 is 0 Å². The summed E-state index contributed by atoms with van der Waals surface area (Å²) in [6.45, 7) is 0. The van der Waals surface area contributed by atoms with Crippen LogP contribution in [0.3, 0.4) is 0 Å². The van der Waals surface area contributed by atoms with Gasteiger partial charge in [-0.15, -0.1) is 0 Å². The molecule has 1 aromatic heterocycles. The summed E-state index contributed by atoms with van der Waals surface area (Å²) in [6, 6.07) is 5.37. The summed E-state index contributed by atoms with van der Waals surface area (Å²) in [6.07, 6.45) is 4.86. The van der Waals surface area contributed by atoms with Crippen LogP contribution in [0.15, 0.2) is 46.7 Å². The Bertz CT molecular complexity index is 544. The zero-order valence-electron chi connectivity index (χ0n) is 8.72. The van der Waals surface area contributed by atoms with Gasteiger partial charge in [0.1, 0.15) is 10.9 Å². The molecule has 2 aromatic rings. The first-order valence-corrected chi connectivity index (χ1v) is 5.94. The van der Waals surface area contributed by atoms with Crippen molar-refractivity contribution in [2.75, 3.05) is 0 Å². The highest BCUT2D eigenvalue weighted by Crippen LogP contribution is 2.31. The van der Waals surface area contributed by atoms with Crippen molar-refractivity contribution in [3.63, 3.8) is 0 Å². The Hall–Kier alpha value is -1.59. The van der Waals surface area contributed by atoms with Crippen molar-refractivity contribution in [1.29, 1.82) is 5.41 Å². The number of halogens is 1. The summed E-state index contributed by atoms with van der Waals surface area (Å²) in [5, 5.41) is 8.72. The molecule has 86 valence electrons. The Labute approximate surface area is 108 Å². The second-order valence-corrected chi connectivity index (χ2v) is 4.64. The summed E-state index contributed by atoms with van der Waals surface area (Å²) >= 11 is 7.40. The molecule has 17 heavy (non-hydrogen) atoms. The maximum absolute atomic E-state index is 7.53. The Kier molecular flexibility index (Phi) is 3.61. The van der Waals surface area contributed by atoms with Gasteiger partial charge in [0.25, 0.3) is 0 Å². The number of benzene rings is 1. The molecule has 2 rings (SSSR count). The van der Waals surface area contributed by atoms with E-state index in [9.17, 15) is 0 Å². The third-order valence-corrected chi connectivity index (χ3v) is 3.29. The van der Waals surface area contributed by atoms with Gasteiger partial charge in [0.05, 0.1) is 11.2 Å². The van der Waals surface area contributed by atoms with Crippen LogP contribution in [0.1, 0.15) is 5.56 Å². The number of rotatable bonds is 3. The number of aromatic nitrogens is 2. The van der Waals surface area contributed by atoms with Gasteiger partial charge < -0.3 is 5.73 Å². The lowest BCUT2D eigenvalue weighted by atomic mass is 10.2. The third kappa shape index (κ3) is 2.75. The monoisotopic (exact) mass is 264 g/mol. The van der Waals surface area contributed by atoms with Crippen molar-refractivity contribution < 1.29 is 0 Å². The second kappa shape index (κ2) is 5.16. The lowest BCUT2D eigenvalue weighted by Gasteiger charge is -2.08. The fraction of sp³-hybridized carbons (Fsp3) is 0. The van der Waals surface area contributed by atoms with Crippen molar-refractivity contribution in [3.05, 3.63) is 47.4 Å². The standard InChI is InChI=1S/C11H9ClN4S/c12-7-2-1-3-8(10(7)11(13)14)17-9-6-15-4-5-16-9/h1-6H,(H3,13,14). The highest BCUT2D eigenvalue weighted by molar-refractivity contribution is 7.99. The van der Waals surface area contributed by atoms with Crippen molar-refractivity contribution >= 4 is 29.2 Å². The minimum absolute atomic E-state index is 0.0537. The molecule has 0 bridgehead atoms. The SMILES string of the molecule is N=C(N)c1c(Cl)cccc1Sc1cnccn1. The fourth-order valence-electron chi connectivity index (χ4n) is 1.30. The van der Waals surface area contributed by atoms with Gasteiger partial charge >= 0.3 is 0 Å². The van der Waals surface area contributed by atoms with E-state index in [4.69, 9.17) is 22.7 Å². The second-order valence-electron chi connectivity index (χ2n) is 3.17. The first kappa shape index (κ1) is 11.9. The summed E-state index contributed by atoms with van der Waals surface area (Å²) in [7, 11) is 0. The molecule has 0 fully saturated rings. The number of hydrogen-bond acceptors (Lipinski definition) is 4. The van der Waals surface area contributed by atoms with Gasteiger partial charge in [-0.05, 0) is 12.1 Å². The van der Waals surface area contributed by atoms with Crippen LogP contribution in [0, 0.1) is 5.41 Å². The molecule has 4 nitrogen and oxygen atoms in total. The third-order valence-electron chi connectivity index (χ3n) is 2.00. The summed E-state index contributed by atoms with van der Waals surface area (Å²) in [5.74, 6) is -0.0537.